The molecule has 0 saturated carbocycles. The Hall–Kier alpha value is -2.21. The van der Waals surface area contributed by atoms with Crippen molar-refractivity contribution >= 4 is 32.7 Å². The lowest BCUT2D eigenvalue weighted by atomic mass is 9.96. The van der Waals surface area contributed by atoms with E-state index in [1.165, 1.54) is 5.56 Å². The molecule has 0 N–H and O–H groups in total. The smallest absolute Gasteiger partial charge is 0.261 e. The van der Waals surface area contributed by atoms with E-state index < -0.39 is 0 Å². The molecule has 1 aromatic carbocycles. The molecule has 140 valence electrons. The number of fused-ring (bicyclic) bond motifs is 1. The SMILES string of the molecule is Cc1cc(Br)cnc1N1CCC(Cn2c(C)nc3ccccc3c2=O)CC1. The van der Waals surface area contributed by atoms with Crippen LogP contribution in [-0.2, 0) is 6.54 Å². The maximum atomic E-state index is 12.9. The van der Waals surface area contributed by atoms with Crippen molar-refractivity contribution in [3.63, 3.8) is 0 Å². The number of benzene rings is 1. The quantitative estimate of drug-likeness (QED) is 0.632. The van der Waals surface area contributed by atoms with Crippen molar-refractivity contribution in [2.45, 2.75) is 33.2 Å². The van der Waals surface area contributed by atoms with Gasteiger partial charge in [0.2, 0.25) is 0 Å². The number of aryl methyl sites for hydroxylation is 2. The molecule has 5 nitrogen and oxygen atoms in total. The van der Waals surface area contributed by atoms with Gasteiger partial charge in [0.1, 0.15) is 11.6 Å². The highest BCUT2D eigenvalue weighted by atomic mass is 79.9. The van der Waals surface area contributed by atoms with Crippen molar-refractivity contribution in [1.82, 2.24) is 14.5 Å². The highest BCUT2D eigenvalue weighted by molar-refractivity contribution is 9.10. The summed E-state index contributed by atoms with van der Waals surface area (Å²) in [4.78, 5) is 24.4. The number of hydrogen-bond acceptors (Lipinski definition) is 4. The van der Waals surface area contributed by atoms with Gasteiger partial charge in [0.05, 0.1) is 10.9 Å². The summed E-state index contributed by atoms with van der Waals surface area (Å²) >= 11 is 3.48. The van der Waals surface area contributed by atoms with Gasteiger partial charge in [0.25, 0.3) is 5.56 Å². The summed E-state index contributed by atoms with van der Waals surface area (Å²) in [5.74, 6) is 2.35. The maximum Gasteiger partial charge on any atom is 0.261 e. The minimum absolute atomic E-state index is 0.0750. The molecule has 0 atom stereocenters. The Kier molecular flexibility index (Phi) is 5.00. The van der Waals surface area contributed by atoms with Crippen molar-refractivity contribution in [3.05, 3.63) is 62.7 Å². The number of pyridine rings is 1. The molecule has 0 aliphatic carbocycles. The molecule has 6 heteroatoms. The van der Waals surface area contributed by atoms with Gasteiger partial charge in [-0.15, -0.1) is 0 Å². The molecule has 1 aliphatic rings. The second kappa shape index (κ2) is 7.43. The Labute approximate surface area is 167 Å². The number of piperidine rings is 1. The summed E-state index contributed by atoms with van der Waals surface area (Å²) in [5.41, 5.74) is 2.04. The lowest BCUT2D eigenvalue weighted by molar-refractivity contribution is 0.347. The predicted octanol–water partition coefficient (Wildman–Crippen LogP) is 4.09. The van der Waals surface area contributed by atoms with Crippen molar-refractivity contribution < 1.29 is 0 Å². The molecule has 0 amide bonds. The molecule has 0 bridgehead atoms. The minimum Gasteiger partial charge on any atom is -0.356 e. The van der Waals surface area contributed by atoms with Crippen LogP contribution >= 0.6 is 15.9 Å². The minimum atomic E-state index is 0.0750. The van der Waals surface area contributed by atoms with Crippen LogP contribution in [0.1, 0.15) is 24.2 Å². The Morgan fingerprint density at radius 2 is 1.93 bits per heavy atom. The lowest BCUT2D eigenvalue weighted by Gasteiger charge is -2.34. The van der Waals surface area contributed by atoms with Gasteiger partial charge < -0.3 is 4.90 Å². The number of halogens is 1. The standard InChI is InChI=1S/C21H23BrN4O/c1-14-11-17(22)12-23-20(14)25-9-7-16(8-10-25)13-26-15(2)24-19-6-4-3-5-18(19)21(26)27/h3-6,11-12,16H,7-10,13H2,1-2H3. The highest BCUT2D eigenvalue weighted by Crippen LogP contribution is 2.26. The van der Waals surface area contributed by atoms with E-state index in [1.807, 2.05) is 42.0 Å². The zero-order valence-corrected chi connectivity index (χ0v) is 17.2. The molecule has 27 heavy (non-hydrogen) atoms. The fourth-order valence-electron chi connectivity index (χ4n) is 3.94. The zero-order chi connectivity index (χ0) is 19.0. The fourth-order valence-corrected chi connectivity index (χ4v) is 4.39. The number of anilines is 1. The molecule has 1 fully saturated rings. The average molecular weight is 427 g/mol. The zero-order valence-electron chi connectivity index (χ0n) is 15.7. The maximum absolute atomic E-state index is 12.9. The van der Waals surface area contributed by atoms with Gasteiger partial charge in [-0.25, -0.2) is 9.97 Å². The first-order chi connectivity index (χ1) is 13.0. The van der Waals surface area contributed by atoms with Gasteiger partial charge in [0.15, 0.2) is 0 Å². The van der Waals surface area contributed by atoms with E-state index in [2.05, 4.69) is 43.8 Å². The summed E-state index contributed by atoms with van der Waals surface area (Å²) in [6, 6.07) is 9.70. The van der Waals surface area contributed by atoms with E-state index in [1.54, 1.807) is 0 Å². The molecule has 4 rings (SSSR count). The van der Waals surface area contributed by atoms with Gasteiger partial charge >= 0.3 is 0 Å². The first-order valence-electron chi connectivity index (χ1n) is 9.36. The molecule has 0 unspecified atom stereocenters. The number of hydrogen-bond donors (Lipinski definition) is 0. The molecular weight excluding hydrogens is 404 g/mol. The monoisotopic (exact) mass is 426 g/mol. The summed E-state index contributed by atoms with van der Waals surface area (Å²) in [7, 11) is 0. The molecule has 0 spiro atoms. The molecule has 3 aromatic rings. The Morgan fingerprint density at radius 3 is 2.67 bits per heavy atom. The third-order valence-electron chi connectivity index (χ3n) is 5.42. The van der Waals surface area contributed by atoms with E-state index in [4.69, 9.17) is 0 Å². The molecular formula is C21H23BrN4O. The topological polar surface area (TPSA) is 51.0 Å². The van der Waals surface area contributed by atoms with Gasteiger partial charge in [-0.3, -0.25) is 9.36 Å². The first kappa shape index (κ1) is 18.2. The summed E-state index contributed by atoms with van der Waals surface area (Å²) in [6.45, 7) is 6.70. The number of nitrogens with zero attached hydrogens (tertiary/aromatic N) is 4. The molecule has 3 heterocycles. The van der Waals surface area contributed by atoms with Crippen LogP contribution in [0.4, 0.5) is 5.82 Å². The number of rotatable bonds is 3. The molecule has 2 aromatic heterocycles. The van der Waals surface area contributed by atoms with E-state index in [0.717, 1.165) is 54.1 Å². The second-order valence-electron chi connectivity index (χ2n) is 7.32. The van der Waals surface area contributed by atoms with Crippen molar-refractivity contribution in [1.29, 1.82) is 0 Å². The average Bonchev–Trinajstić information content (AvgIpc) is 2.66. The van der Waals surface area contributed by atoms with Gasteiger partial charge in [0, 0.05) is 30.3 Å². The molecule has 1 saturated heterocycles. The third-order valence-corrected chi connectivity index (χ3v) is 5.86. The summed E-state index contributed by atoms with van der Waals surface area (Å²) < 4.78 is 2.86. The fraction of sp³-hybridized carbons (Fsp3) is 0.381. The van der Waals surface area contributed by atoms with Crippen molar-refractivity contribution in [3.8, 4) is 0 Å². The second-order valence-corrected chi connectivity index (χ2v) is 8.23. The Balaban J connectivity index is 1.50. The van der Waals surface area contributed by atoms with Gasteiger partial charge in [-0.1, -0.05) is 12.1 Å². The van der Waals surface area contributed by atoms with Crippen molar-refractivity contribution in [2.24, 2.45) is 5.92 Å². The van der Waals surface area contributed by atoms with E-state index in [0.29, 0.717) is 11.3 Å². The lowest BCUT2D eigenvalue weighted by Crippen LogP contribution is -2.37. The van der Waals surface area contributed by atoms with E-state index in [-0.39, 0.29) is 5.56 Å². The van der Waals surface area contributed by atoms with Crippen LogP contribution in [-0.4, -0.2) is 27.6 Å². The first-order valence-corrected chi connectivity index (χ1v) is 10.2. The Bertz CT molecular complexity index is 1040. The van der Waals surface area contributed by atoms with Crippen LogP contribution in [0.2, 0.25) is 0 Å². The summed E-state index contributed by atoms with van der Waals surface area (Å²) in [6.07, 6.45) is 3.96. The third kappa shape index (κ3) is 3.63. The van der Waals surface area contributed by atoms with Crippen LogP contribution < -0.4 is 10.5 Å². The number of aromatic nitrogens is 3. The number of para-hydroxylation sites is 1. The van der Waals surface area contributed by atoms with Crippen LogP contribution in [0.25, 0.3) is 10.9 Å². The van der Waals surface area contributed by atoms with Crippen LogP contribution in [0.5, 0.6) is 0 Å². The van der Waals surface area contributed by atoms with Gasteiger partial charge in [-0.05, 0) is 72.3 Å². The van der Waals surface area contributed by atoms with Crippen LogP contribution in [0, 0.1) is 19.8 Å². The molecule has 0 radical (unpaired) electrons. The van der Waals surface area contributed by atoms with Crippen LogP contribution in [0.3, 0.4) is 0 Å². The predicted molar refractivity (Wildman–Crippen MR) is 112 cm³/mol. The van der Waals surface area contributed by atoms with Crippen molar-refractivity contribution in [2.75, 3.05) is 18.0 Å². The normalized spacial score (nSPS) is 15.4. The molecule has 1 aliphatic heterocycles. The Morgan fingerprint density at radius 1 is 1.19 bits per heavy atom. The van der Waals surface area contributed by atoms with E-state index >= 15 is 0 Å². The largest absolute Gasteiger partial charge is 0.356 e. The van der Waals surface area contributed by atoms with E-state index in [9.17, 15) is 4.79 Å². The van der Waals surface area contributed by atoms with Crippen LogP contribution in [0.15, 0.2) is 45.8 Å². The highest BCUT2D eigenvalue weighted by Gasteiger charge is 2.23. The van der Waals surface area contributed by atoms with Gasteiger partial charge in [-0.2, -0.15) is 0 Å². The summed E-state index contributed by atoms with van der Waals surface area (Å²) in [5, 5.41) is 0.704.